The minimum Gasteiger partial charge on any atom is -0.436 e. The summed E-state index contributed by atoms with van der Waals surface area (Å²) < 4.78 is 8.58. The maximum absolute atomic E-state index is 6.09. The Morgan fingerprint density at radius 3 is 2.21 bits per heavy atom. The number of furan rings is 1. The predicted molar refractivity (Wildman–Crippen MR) is 182 cm³/mol. The molecule has 4 heteroatoms. The highest BCUT2D eigenvalue weighted by Crippen LogP contribution is 2.33. The highest BCUT2D eigenvalue weighted by atomic mass is 32.1. The third kappa shape index (κ3) is 4.27. The number of benzene rings is 5. The third-order valence-corrected chi connectivity index (χ3v) is 9.28. The highest BCUT2D eigenvalue weighted by molar-refractivity contribution is 7.17. The minimum atomic E-state index is 0.561. The molecule has 0 aliphatic rings. The van der Waals surface area contributed by atoms with Gasteiger partial charge in [0.1, 0.15) is 11.1 Å². The molecule has 0 saturated heterocycles. The van der Waals surface area contributed by atoms with Crippen LogP contribution in [0.1, 0.15) is 12.5 Å². The summed E-state index contributed by atoms with van der Waals surface area (Å²) in [4.78, 5) is 9.60. The standard InChI is InChI=1S/C39H26N2OS/c1-3-29(38-30(4-2)31-22-26(18-20-36(31)43-38)24-11-6-5-7-12-24)28-14-10-13-25(21-28)27-17-19-35-32(23-27)37-39(42-35)41-34-16-9-8-15-33(34)40-37/h3-23H,1H2,2H3/b30-4-,38-29-. The van der Waals surface area contributed by atoms with Gasteiger partial charge in [-0.15, -0.1) is 11.3 Å². The number of hydrogen-bond donors (Lipinski definition) is 0. The molecule has 0 bridgehead atoms. The second kappa shape index (κ2) is 10.2. The average molecular weight is 571 g/mol. The first-order chi connectivity index (χ1) is 21.2. The predicted octanol–water partition coefficient (Wildman–Crippen LogP) is 9.26. The number of aromatic nitrogens is 2. The quantitative estimate of drug-likeness (QED) is 0.212. The highest BCUT2D eigenvalue weighted by Gasteiger charge is 2.14. The Morgan fingerprint density at radius 1 is 0.698 bits per heavy atom. The van der Waals surface area contributed by atoms with Crippen LogP contribution in [0, 0.1) is 0 Å². The van der Waals surface area contributed by atoms with Crippen LogP contribution in [0.5, 0.6) is 0 Å². The Kier molecular flexibility index (Phi) is 6.02. The van der Waals surface area contributed by atoms with Crippen LogP contribution in [-0.2, 0) is 0 Å². The lowest BCUT2D eigenvalue weighted by Crippen LogP contribution is -2.21. The van der Waals surface area contributed by atoms with Crippen molar-refractivity contribution in [2.45, 2.75) is 6.92 Å². The third-order valence-electron chi connectivity index (χ3n) is 8.06. The first kappa shape index (κ1) is 25.4. The fourth-order valence-electron chi connectivity index (χ4n) is 5.94. The molecule has 43 heavy (non-hydrogen) atoms. The van der Waals surface area contributed by atoms with E-state index in [0.29, 0.717) is 5.71 Å². The van der Waals surface area contributed by atoms with E-state index in [1.165, 1.54) is 31.0 Å². The van der Waals surface area contributed by atoms with E-state index >= 15 is 0 Å². The number of hydrogen-bond acceptors (Lipinski definition) is 4. The molecule has 0 spiro atoms. The molecule has 0 fully saturated rings. The Bertz CT molecular complexity index is 2490. The van der Waals surface area contributed by atoms with E-state index < -0.39 is 0 Å². The molecular weight excluding hydrogens is 545 g/mol. The summed E-state index contributed by atoms with van der Waals surface area (Å²) in [5.41, 5.74) is 10.7. The molecule has 0 unspecified atom stereocenters. The van der Waals surface area contributed by atoms with Crippen molar-refractivity contribution in [2.75, 3.05) is 0 Å². The van der Waals surface area contributed by atoms with Crippen molar-refractivity contribution in [3.05, 3.63) is 143 Å². The zero-order valence-corrected chi connectivity index (χ0v) is 24.4. The number of fused-ring (bicyclic) bond motifs is 5. The largest absolute Gasteiger partial charge is 0.436 e. The summed E-state index contributed by atoms with van der Waals surface area (Å²) in [7, 11) is 0. The van der Waals surface area contributed by atoms with Crippen LogP contribution >= 0.6 is 11.3 Å². The average Bonchev–Trinajstić information content (AvgIpc) is 3.61. The van der Waals surface area contributed by atoms with Crippen LogP contribution in [0.2, 0.25) is 0 Å². The molecule has 8 rings (SSSR count). The molecule has 204 valence electrons. The fraction of sp³-hybridized carbons (Fsp3) is 0.0256. The minimum absolute atomic E-state index is 0.561. The number of rotatable bonds is 4. The van der Waals surface area contributed by atoms with Crippen LogP contribution in [0.15, 0.2) is 132 Å². The summed E-state index contributed by atoms with van der Waals surface area (Å²) in [5.74, 6) is 0. The van der Waals surface area contributed by atoms with Gasteiger partial charge < -0.3 is 4.42 Å². The maximum Gasteiger partial charge on any atom is 0.246 e. The maximum atomic E-state index is 6.09. The monoisotopic (exact) mass is 570 g/mol. The molecule has 0 aliphatic heterocycles. The smallest absolute Gasteiger partial charge is 0.246 e. The second-order valence-electron chi connectivity index (χ2n) is 10.6. The molecule has 3 heterocycles. The molecule has 0 saturated carbocycles. The molecule has 0 amide bonds. The van der Waals surface area contributed by atoms with Crippen molar-refractivity contribution in [1.82, 2.24) is 9.97 Å². The Hall–Kier alpha value is -5.32. The van der Waals surface area contributed by atoms with E-state index in [2.05, 4.69) is 105 Å². The lowest BCUT2D eigenvalue weighted by molar-refractivity contribution is 0.655. The van der Waals surface area contributed by atoms with Crippen molar-refractivity contribution in [1.29, 1.82) is 0 Å². The fourth-order valence-corrected chi connectivity index (χ4v) is 7.22. The normalized spacial score (nSPS) is 12.9. The Morgan fingerprint density at radius 2 is 1.40 bits per heavy atom. The number of thiophene rings is 1. The molecule has 3 nitrogen and oxygen atoms in total. The first-order valence-electron chi connectivity index (χ1n) is 14.3. The van der Waals surface area contributed by atoms with Gasteiger partial charge in [-0.25, -0.2) is 9.97 Å². The molecular formula is C39H26N2OS. The van der Waals surface area contributed by atoms with Crippen LogP contribution in [-0.4, -0.2) is 9.97 Å². The topological polar surface area (TPSA) is 38.9 Å². The summed E-state index contributed by atoms with van der Waals surface area (Å²) in [6.07, 6.45) is 4.21. The van der Waals surface area contributed by atoms with E-state index in [9.17, 15) is 0 Å². The molecule has 3 aromatic heterocycles. The molecule has 0 atom stereocenters. The SMILES string of the molecule is C=C/C(c1cccc(-c2ccc3oc4nc5ccccc5nc4c3c2)c1)=c1/sc2ccc(-c3ccccc3)cc2/c1=C/C. The van der Waals surface area contributed by atoms with E-state index in [1.54, 1.807) is 0 Å². The van der Waals surface area contributed by atoms with Crippen LogP contribution in [0.3, 0.4) is 0 Å². The van der Waals surface area contributed by atoms with Gasteiger partial charge in [-0.1, -0.05) is 91.5 Å². The summed E-state index contributed by atoms with van der Waals surface area (Å²) in [6, 6.07) is 40.2. The molecule has 8 aromatic rings. The Balaban J connectivity index is 1.27. The van der Waals surface area contributed by atoms with E-state index in [0.717, 1.165) is 49.8 Å². The summed E-state index contributed by atoms with van der Waals surface area (Å²) in [5, 5.41) is 3.48. The van der Waals surface area contributed by atoms with Gasteiger partial charge in [0, 0.05) is 20.0 Å². The van der Waals surface area contributed by atoms with Crippen molar-refractivity contribution in [3.63, 3.8) is 0 Å². The van der Waals surface area contributed by atoms with Gasteiger partial charge in [0.05, 0.1) is 11.0 Å². The van der Waals surface area contributed by atoms with Crippen molar-refractivity contribution in [2.24, 2.45) is 0 Å². The lowest BCUT2D eigenvalue weighted by atomic mass is 9.98. The van der Waals surface area contributed by atoms with Gasteiger partial charge in [-0.3, -0.25) is 0 Å². The van der Waals surface area contributed by atoms with Gasteiger partial charge in [0.2, 0.25) is 5.71 Å². The van der Waals surface area contributed by atoms with E-state index in [-0.39, 0.29) is 0 Å². The zero-order chi connectivity index (χ0) is 28.9. The summed E-state index contributed by atoms with van der Waals surface area (Å²) >= 11 is 1.82. The van der Waals surface area contributed by atoms with E-state index in [1.807, 2.05) is 47.7 Å². The summed E-state index contributed by atoms with van der Waals surface area (Å²) in [6.45, 7) is 6.37. The number of para-hydroxylation sites is 2. The van der Waals surface area contributed by atoms with Crippen molar-refractivity contribution < 1.29 is 4.42 Å². The van der Waals surface area contributed by atoms with Crippen LogP contribution < -0.4 is 9.75 Å². The second-order valence-corrected chi connectivity index (χ2v) is 11.6. The van der Waals surface area contributed by atoms with Gasteiger partial charge in [0.15, 0.2) is 0 Å². The van der Waals surface area contributed by atoms with Gasteiger partial charge in [0.25, 0.3) is 0 Å². The lowest BCUT2D eigenvalue weighted by Gasteiger charge is -2.07. The number of allylic oxidation sites excluding steroid dienone is 1. The van der Waals surface area contributed by atoms with Gasteiger partial charge in [-0.05, 0) is 88.0 Å². The van der Waals surface area contributed by atoms with Gasteiger partial charge in [-0.2, -0.15) is 0 Å². The van der Waals surface area contributed by atoms with E-state index in [4.69, 9.17) is 14.4 Å². The van der Waals surface area contributed by atoms with Crippen LogP contribution in [0.4, 0.5) is 0 Å². The molecule has 5 aromatic carbocycles. The Labute approximate surface area is 252 Å². The first-order valence-corrected chi connectivity index (χ1v) is 15.1. The van der Waals surface area contributed by atoms with Crippen molar-refractivity contribution >= 4 is 66.3 Å². The van der Waals surface area contributed by atoms with Crippen LogP contribution in [0.25, 0.3) is 77.2 Å². The number of nitrogens with zero attached hydrogens (tertiary/aromatic N) is 2. The van der Waals surface area contributed by atoms with Crippen molar-refractivity contribution in [3.8, 4) is 22.3 Å². The molecule has 0 aliphatic carbocycles. The molecule has 0 radical (unpaired) electrons. The van der Waals surface area contributed by atoms with Gasteiger partial charge >= 0.3 is 0 Å². The molecule has 0 N–H and O–H groups in total. The zero-order valence-electron chi connectivity index (χ0n) is 23.5.